The molecule has 0 fully saturated rings. The maximum absolute atomic E-state index is 10.0. The van der Waals surface area contributed by atoms with Gasteiger partial charge in [-0.25, -0.2) is 0 Å². The van der Waals surface area contributed by atoms with Crippen LogP contribution in [0, 0.1) is 5.92 Å². The summed E-state index contributed by atoms with van der Waals surface area (Å²) < 4.78 is 0. The van der Waals surface area contributed by atoms with E-state index >= 15 is 0 Å². The van der Waals surface area contributed by atoms with Crippen molar-refractivity contribution in [3.63, 3.8) is 0 Å². The smallest absolute Gasteiger partial charge is 0.177 e. The molecule has 0 spiro atoms. The second kappa shape index (κ2) is 3.61. The lowest BCUT2D eigenvalue weighted by Gasteiger charge is -2.06. The van der Waals surface area contributed by atoms with Crippen molar-refractivity contribution in [2.24, 2.45) is 5.92 Å². The molecular formula is C6H14NO+. The highest BCUT2D eigenvalue weighted by Crippen LogP contribution is 2.00. The Morgan fingerprint density at radius 3 is 2.38 bits per heavy atom. The SMILES string of the molecule is CCC(C)C([NH3+])C=O. The molecule has 0 aromatic rings. The van der Waals surface area contributed by atoms with Gasteiger partial charge in [-0.1, -0.05) is 13.8 Å². The topological polar surface area (TPSA) is 44.7 Å². The molecule has 0 saturated heterocycles. The van der Waals surface area contributed by atoms with Gasteiger partial charge in [-0.3, -0.25) is 4.79 Å². The lowest BCUT2D eigenvalue weighted by atomic mass is 10.0. The third-order valence-electron chi connectivity index (χ3n) is 1.55. The van der Waals surface area contributed by atoms with Crippen molar-refractivity contribution in [2.45, 2.75) is 26.3 Å². The minimum Gasteiger partial charge on any atom is -0.349 e. The van der Waals surface area contributed by atoms with Crippen LogP contribution >= 0.6 is 0 Å². The Morgan fingerprint density at radius 1 is 1.75 bits per heavy atom. The van der Waals surface area contributed by atoms with Crippen molar-refractivity contribution in [2.75, 3.05) is 0 Å². The summed E-state index contributed by atoms with van der Waals surface area (Å²) in [4.78, 5) is 10.0. The van der Waals surface area contributed by atoms with Crippen LogP contribution in [0.15, 0.2) is 0 Å². The minimum absolute atomic E-state index is 0.0139. The Hall–Kier alpha value is -0.370. The van der Waals surface area contributed by atoms with E-state index < -0.39 is 0 Å². The summed E-state index contributed by atoms with van der Waals surface area (Å²) in [6.07, 6.45) is 1.95. The van der Waals surface area contributed by atoms with Crippen molar-refractivity contribution in [3.05, 3.63) is 0 Å². The van der Waals surface area contributed by atoms with Crippen molar-refractivity contribution in [1.82, 2.24) is 0 Å². The maximum atomic E-state index is 10.0. The zero-order chi connectivity index (χ0) is 6.57. The standard InChI is InChI=1S/C6H13NO/c1-3-5(2)6(7)4-8/h4-6H,3,7H2,1-2H3/p+1. The fraction of sp³-hybridized carbons (Fsp3) is 0.833. The minimum atomic E-state index is -0.0139. The van der Waals surface area contributed by atoms with E-state index in [9.17, 15) is 4.79 Å². The summed E-state index contributed by atoms with van der Waals surface area (Å²) in [6.45, 7) is 4.10. The number of hydrogen-bond acceptors (Lipinski definition) is 1. The van der Waals surface area contributed by atoms with E-state index in [1.54, 1.807) is 0 Å². The van der Waals surface area contributed by atoms with Gasteiger partial charge in [0.25, 0.3) is 0 Å². The lowest BCUT2D eigenvalue weighted by Crippen LogP contribution is -2.64. The highest BCUT2D eigenvalue weighted by Gasteiger charge is 2.11. The average Bonchev–Trinajstić information content (AvgIpc) is 1.84. The van der Waals surface area contributed by atoms with Gasteiger partial charge in [-0.05, 0) is 6.42 Å². The van der Waals surface area contributed by atoms with Crippen LogP contribution in [0.4, 0.5) is 0 Å². The van der Waals surface area contributed by atoms with Crippen molar-refractivity contribution in [3.8, 4) is 0 Å². The zero-order valence-corrected chi connectivity index (χ0v) is 5.55. The van der Waals surface area contributed by atoms with Gasteiger partial charge in [0.05, 0.1) is 0 Å². The molecule has 0 radical (unpaired) electrons. The molecule has 0 bridgehead atoms. The van der Waals surface area contributed by atoms with Crippen LogP contribution in [-0.2, 0) is 4.79 Å². The number of carbonyl (C=O) groups excluding carboxylic acids is 1. The second-order valence-corrected chi connectivity index (χ2v) is 2.19. The quantitative estimate of drug-likeness (QED) is 0.512. The van der Waals surface area contributed by atoms with E-state index in [1.807, 2.05) is 6.92 Å². The van der Waals surface area contributed by atoms with Gasteiger partial charge in [0.2, 0.25) is 0 Å². The van der Waals surface area contributed by atoms with Crippen LogP contribution in [0.2, 0.25) is 0 Å². The van der Waals surface area contributed by atoms with E-state index in [1.165, 1.54) is 0 Å². The van der Waals surface area contributed by atoms with E-state index in [0.29, 0.717) is 5.92 Å². The number of carbonyl (C=O) groups is 1. The van der Waals surface area contributed by atoms with Gasteiger partial charge in [0.1, 0.15) is 6.04 Å². The number of quaternary nitrogens is 1. The van der Waals surface area contributed by atoms with Gasteiger partial charge in [-0.15, -0.1) is 0 Å². The molecule has 2 nitrogen and oxygen atoms in total. The van der Waals surface area contributed by atoms with Crippen LogP contribution in [0.25, 0.3) is 0 Å². The Balaban J connectivity index is 3.44. The molecule has 0 aliphatic carbocycles. The van der Waals surface area contributed by atoms with Crippen molar-refractivity contribution >= 4 is 6.29 Å². The summed E-state index contributed by atoms with van der Waals surface area (Å²) in [5.74, 6) is 0.437. The molecule has 0 heterocycles. The second-order valence-electron chi connectivity index (χ2n) is 2.19. The number of hydrogen-bond donors (Lipinski definition) is 1. The van der Waals surface area contributed by atoms with Gasteiger partial charge >= 0.3 is 0 Å². The van der Waals surface area contributed by atoms with E-state index in [4.69, 9.17) is 0 Å². The van der Waals surface area contributed by atoms with Crippen LogP contribution in [0.5, 0.6) is 0 Å². The Kier molecular flexibility index (Phi) is 3.44. The largest absolute Gasteiger partial charge is 0.349 e. The Morgan fingerprint density at radius 2 is 2.25 bits per heavy atom. The summed E-state index contributed by atoms with van der Waals surface area (Å²) in [5, 5.41) is 0. The van der Waals surface area contributed by atoms with E-state index in [0.717, 1.165) is 12.7 Å². The van der Waals surface area contributed by atoms with Gasteiger partial charge < -0.3 is 5.73 Å². The first-order valence-corrected chi connectivity index (χ1v) is 3.00. The van der Waals surface area contributed by atoms with E-state index in [-0.39, 0.29) is 6.04 Å². The van der Waals surface area contributed by atoms with Crippen LogP contribution in [0.1, 0.15) is 20.3 Å². The molecule has 2 heteroatoms. The van der Waals surface area contributed by atoms with Crippen LogP contribution in [-0.4, -0.2) is 12.3 Å². The molecule has 0 aromatic carbocycles. The number of rotatable bonds is 3. The molecule has 2 unspecified atom stereocenters. The molecule has 0 aliphatic heterocycles. The zero-order valence-electron chi connectivity index (χ0n) is 5.55. The lowest BCUT2D eigenvalue weighted by molar-refractivity contribution is -0.411. The van der Waals surface area contributed by atoms with Crippen molar-refractivity contribution < 1.29 is 10.5 Å². The van der Waals surface area contributed by atoms with Gasteiger partial charge in [0, 0.05) is 5.92 Å². The highest BCUT2D eigenvalue weighted by molar-refractivity contribution is 5.55. The fourth-order valence-corrected chi connectivity index (χ4v) is 0.437. The normalized spacial score (nSPS) is 17.4. The van der Waals surface area contributed by atoms with Gasteiger partial charge in [-0.2, -0.15) is 0 Å². The summed E-state index contributed by atoms with van der Waals surface area (Å²) in [6, 6.07) is -0.0139. The van der Waals surface area contributed by atoms with Gasteiger partial charge in [0.15, 0.2) is 6.29 Å². The Bertz CT molecular complexity index is 72.9. The molecule has 0 amide bonds. The summed E-state index contributed by atoms with van der Waals surface area (Å²) >= 11 is 0. The molecule has 0 rings (SSSR count). The van der Waals surface area contributed by atoms with E-state index in [2.05, 4.69) is 12.7 Å². The summed E-state index contributed by atoms with van der Waals surface area (Å²) in [7, 11) is 0. The molecule has 8 heavy (non-hydrogen) atoms. The molecule has 0 saturated carbocycles. The predicted molar refractivity (Wildman–Crippen MR) is 32.2 cm³/mol. The third-order valence-corrected chi connectivity index (χ3v) is 1.55. The summed E-state index contributed by atoms with van der Waals surface area (Å²) in [5.41, 5.74) is 3.66. The first-order chi connectivity index (χ1) is 3.72. The third kappa shape index (κ3) is 2.07. The predicted octanol–water partition coefficient (Wildman–Crippen LogP) is -0.158. The molecular weight excluding hydrogens is 102 g/mol. The average molecular weight is 116 g/mol. The molecule has 0 aliphatic rings. The first-order valence-electron chi connectivity index (χ1n) is 3.00. The van der Waals surface area contributed by atoms with Crippen molar-refractivity contribution in [1.29, 1.82) is 0 Å². The van der Waals surface area contributed by atoms with Crippen LogP contribution in [0.3, 0.4) is 0 Å². The monoisotopic (exact) mass is 116 g/mol. The Labute approximate surface area is 50.1 Å². The highest BCUT2D eigenvalue weighted by atomic mass is 16.1. The molecule has 0 aromatic heterocycles. The molecule has 48 valence electrons. The first kappa shape index (κ1) is 7.63. The maximum Gasteiger partial charge on any atom is 0.177 e. The molecule has 3 N–H and O–H groups in total. The number of aldehydes is 1. The van der Waals surface area contributed by atoms with Crippen LogP contribution < -0.4 is 5.73 Å². The fourth-order valence-electron chi connectivity index (χ4n) is 0.437. The molecule has 2 atom stereocenters.